The molecule has 190 valence electrons. The number of esters is 1. The van der Waals surface area contributed by atoms with Crippen molar-refractivity contribution in [1.82, 2.24) is 15.2 Å². The average molecular weight is 535 g/mol. The monoisotopic (exact) mass is 534 g/mol. The first-order valence-corrected chi connectivity index (χ1v) is 12.3. The number of benzene rings is 1. The predicted molar refractivity (Wildman–Crippen MR) is 133 cm³/mol. The molecule has 0 spiro atoms. The van der Waals surface area contributed by atoms with E-state index in [1.54, 1.807) is 0 Å². The number of hydrogen-bond donors (Lipinski definition) is 2. The van der Waals surface area contributed by atoms with Crippen molar-refractivity contribution in [2.75, 3.05) is 33.4 Å². The van der Waals surface area contributed by atoms with Gasteiger partial charge in [-0.2, -0.15) is 0 Å². The maximum Gasteiger partial charge on any atom is 0.338 e. The van der Waals surface area contributed by atoms with Gasteiger partial charge in [0.15, 0.2) is 10.8 Å². The fraction of sp³-hybridized carbons (Fsp3) is 0.333. The molecule has 0 amide bonds. The first-order chi connectivity index (χ1) is 17.2. The summed E-state index contributed by atoms with van der Waals surface area (Å²) in [6.07, 6.45) is 2.12. The fourth-order valence-corrected chi connectivity index (χ4v) is 5.01. The largest absolute Gasteiger partial charge is 0.478 e. The molecule has 0 saturated carbocycles. The lowest BCUT2D eigenvalue weighted by Gasteiger charge is -2.34. The third-order valence-corrected chi connectivity index (χ3v) is 6.92. The minimum Gasteiger partial charge on any atom is -0.478 e. The molecule has 0 radical (unpaired) electrons. The number of morpholine rings is 1. The molecule has 12 heteroatoms. The number of carbonyl (C=O) groups excluding carboxylic acids is 1. The fourth-order valence-electron chi connectivity index (χ4n) is 4.00. The van der Waals surface area contributed by atoms with Gasteiger partial charge in [0.25, 0.3) is 0 Å². The maximum atomic E-state index is 13.8. The van der Waals surface area contributed by atoms with Crippen LogP contribution in [0.25, 0.3) is 0 Å². The van der Waals surface area contributed by atoms with Gasteiger partial charge in [-0.3, -0.25) is 9.89 Å². The van der Waals surface area contributed by atoms with E-state index in [0.29, 0.717) is 48.3 Å². The molecule has 4 rings (SSSR count). The highest BCUT2D eigenvalue weighted by Crippen LogP contribution is 2.37. The number of ether oxygens (including phenoxy) is 2. The van der Waals surface area contributed by atoms with Gasteiger partial charge in [-0.15, -0.1) is 11.3 Å². The molecule has 2 aliphatic rings. The van der Waals surface area contributed by atoms with Crippen LogP contribution in [0.3, 0.4) is 0 Å². The summed E-state index contributed by atoms with van der Waals surface area (Å²) < 4.78 is 24.6. The first kappa shape index (κ1) is 26.0. The number of carboxylic acids is 1. The number of hydrogen-bond acceptors (Lipinski definition) is 9. The summed E-state index contributed by atoms with van der Waals surface area (Å²) in [7, 11) is 1.28. The van der Waals surface area contributed by atoms with Crippen LogP contribution >= 0.6 is 22.9 Å². The molecule has 1 saturated heterocycles. The van der Waals surface area contributed by atoms with E-state index in [1.807, 2.05) is 17.2 Å². The highest BCUT2D eigenvalue weighted by atomic mass is 35.5. The van der Waals surface area contributed by atoms with Crippen molar-refractivity contribution in [2.45, 2.75) is 19.1 Å². The molecule has 9 nitrogen and oxygen atoms in total. The Labute approximate surface area is 215 Å². The molecule has 1 unspecified atom stereocenters. The van der Waals surface area contributed by atoms with Crippen LogP contribution in [0.15, 0.2) is 52.0 Å². The standard InChI is InChI=1S/C24H24ClFN4O5S/c1-13-12-36-23(27-13)22-28-18(11-30-7-8-35-15(10-30)4-6-19(31)32)20(24(33)34-2)21(29-22)16-5-3-14(26)9-17(16)25/h3-6,9,12,15,21H,7-8,10-11H2,1-2H3,(H,28,29)(H,31,32)/b6-4+/t15?,21-/m0/s1. The molecular formula is C24H24ClFN4O5S. The Bertz CT molecular complexity index is 1260. The van der Waals surface area contributed by atoms with Gasteiger partial charge in [0.1, 0.15) is 11.9 Å². The molecule has 2 aromatic rings. The molecule has 3 heterocycles. The average Bonchev–Trinajstić information content (AvgIpc) is 3.28. The normalized spacial score (nSPS) is 20.8. The topological polar surface area (TPSA) is 113 Å². The van der Waals surface area contributed by atoms with Crippen molar-refractivity contribution >= 4 is 40.7 Å². The summed E-state index contributed by atoms with van der Waals surface area (Å²) in [5.74, 6) is -1.71. The number of aryl methyl sites for hydroxylation is 1. The van der Waals surface area contributed by atoms with Gasteiger partial charge in [0, 0.05) is 53.1 Å². The van der Waals surface area contributed by atoms with E-state index in [9.17, 15) is 14.0 Å². The zero-order valence-corrected chi connectivity index (χ0v) is 21.1. The molecular weight excluding hydrogens is 511 g/mol. The zero-order chi connectivity index (χ0) is 25.8. The van der Waals surface area contributed by atoms with Crippen molar-refractivity contribution in [3.05, 3.63) is 74.1 Å². The van der Waals surface area contributed by atoms with Crippen LogP contribution in [0.5, 0.6) is 0 Å². The maximum absolute atomic E-state index is 13.8. The van der Waals surface area contributed by atoms with Gasteiger partial charge in [0.2, 0.25) is 0 Å². The van der Waals surface area contributed by atoms with E-state index < -0.39 is 29.9 Å². The molecule has 1 aromatic carbocycles. The lowest BCUT2D eigenvalue weighted by atomic mass is 9.95. The van der Waals surface area contributed by atoms with E-state index in [2.05, 4.69) is 10.3 Å². The van der Waals surface area contributed by atoms with Crippen molar-refractivity contribution in [1.29, 1.82) is 0 Å². The molecule has 2 N–H and O–H groups in total. The van der Waals surface area contributed by atoms with E-state index >= 15 is 0 Å². The molecule has 1 aromatic heterocycles. The van der Waals surface area contributed by atoms with Gasteiger partial charge < -0.3 is 19.9 Å². The second-order valence-corrected chi connectivity index (χ2v) is 9.46. The second-order valence-electron chi connectivity index (χ2n) is 8.19. The molecule has 2 aliphatic heterocycles. The number of carboxylic acid groups (broad SMARTS) is 1. The number of thiazole rings is 1. The van der Waals surface area contributed by atoms with Crippen LogP contribution in [-0.4, -0.2) is 72.2 Å². The smallest absolute Gasteiger partial charge is 0.338 e. The minimum absolute atomic E-state index is 0.131. The molecule has 0 aliphatic carbocycles. The van der Waals surface area contributed by atoms with E-state index in [1.165, 1.54) is 42.7 Å². The number of aromatic nitrogens is 1. The van der Waals surface area contributed by atoms with Crippen molar-refractivity contribution in [3.63, 3.8) is 0 Å². The summed E-state index contributed by atoms with van der Waals surface area (Å²) in [6.45, 7) is 3.52. The first-order valence-electron chi connectivity index (χ1n) is 11.0. The highest BCUT2D eigenvalue weighted by Gasteiger charge is 2.35. The Morgan fingerprint density at radius 1 is 1.44 bits per heavy atom. The Morgan fingerprint density at radius 2 is 2.25 bits per heavy atom. The summed E-state index contributed by atoms with van der Waals surface area (Å²) in [5.41, 5.74) is 2.05. The molecule has 1 fully saturated rings. The summed E-state index contributed by atoms with van der Waals surface area (Å²) in [4.78, 5) is 35.2. The summed E-state index contributed by atoms with van der Waals surface area (Å²) in [5, 5.41) is 14.8. The quantitative estimate of drug-likeness (QED) is 0.411. The number of rotatable bonds is 7. The van der Waals surface area contributed by atoms with Crippen LogP contribution in [-0.2, 0) is 19.1 Å². The number of nitrogens with one attached hydrogen (secondary N) is 1. The summed E-state index contributed by atoms with van der Waals surface area (Å²) >= 11 is 7.79. The van der Waals surface area contributed by atoms with Crippen molar-refractivity contribution in [2.24, 2.45) is 4.99 Å². The van der Waals surface area contributed by atoms with Crippen LogP contribution in [0, 0.1) is 12.7 Å². The van der Waals surface area contributed by atoms with E-state index in [0.717, 1.165) is 11.8 Å². The molecule has 0 bridgehead atoms. The van der Waals surface area contributed by atoms with Crippen LogP contribution in [0.4, 0.5) is 4.39 Å². The number of halogens is 2. The lowest BCUT2D eigenvalue weighted by molar-refractivity contribution is -0.136. The van der Waals surface area contributed by atoms with Crippen LogP contribution in [0.2, 0.25) is 5.02 Å². The number of aliphatic imine (C=N–C) groups is 1. The second kappa shape index (κ2) is 11.3. The third kappa shape index (κ3) is 5.98. The van der Waals surface area contributed by atoms with Crippen LogP contribution < -0.4 is 5.32 Å². The number of amidine groups is 1. The number of carbonyl (C=O) groups is 2. The SMILES string of the molecule is COC(=O)C1=C(CN2CCOC(/C=C/C(=O)O)C2)NC(c2nc(C)cs2)=N[C@H]1c1ccc(F)cc1Cl. The molecule has 2 atom stereocenters. The van der Waals surface area contributed by atoms with Gasteiger partial charge in [-0.05, 0) is 25.1 Å². The van der Waals surface area contributed by atoms with Gasteiger partial charge in [0.05, 0.1) is 25.4 Å². The minimum atomic E-state index is -1.06. The number of methoxy groups -OCH3 is 1. The Morgan fingerprint density at radius 3 is 2.92 bits per heavy atom. The summed E-state index contributed by atoms with van der Waals surface area (Å²) in [6, 6.07) is 3.09. The van der Waals surface area contributed by atoms with Gasteiger partial charge >= 0.3 is 11.9 Å². The van der Waals surface area contributed by atoms with Gasteiger partial charge in [-0.25, -0.2) is 19.0 Å². The number of nitrogens with zero attached hydrogens (tertiary/aromatic N) is 3. The van der Waals surface area contributed by atoms with E-state index in [-0.39, 0.29) is 10.6 Å². The Balaban J connectivity index is 1.74. The number of aliphatic carboxylic acids is 1. The molecule has 36 heavy (non-hydrogen) atoms. The lowest BCUT2D eigenvalue weighted by Crippen LogP contribution is -2.46. The zero-order valence-electron chi connectivity index (χ0n) is 19.5. The highest BCUT2D eigenvalue weighted by molar-refractivity contribution is 7.11. The van der Waals surface area contributed by atoms with E-state index in [4.69, 9.17) is 31.2 Å². The van der Waals surface area contributed by atoms with Crippen molar-refractivity contribution in [3.8, 4) is 0 Å². The predicted octanol–water partition coefficient (Wildman–Crippen LogP) is 3.10. The third-order valence-electron chi connectivity index (χ3n) is 5.62. The Kier molecular flexibility index (Phi) is 8.14. The van der Waals surface area contributed by atoms with Crippen molar-refractivity contribution < 1.29 is 28.6 Å². The van der Waals surface area contributed by atoms with Crippen LogP contribution in [0.1, 0.15) is 22.3 Å². The Hall–Kier alpha value is -3.12. The van der Waals surface area contributed by atoms with Gasteiger partial charge in [-0.1, -0.05) is 17.7 Å².